The second-order valence-corrected chi connectivity index (χ2v) is 7.84. The molecule has 0 spiro atoms. The zero-order chi connectivity index (χ0) is 19.2. The van der Waals surface area contributed by atoms with Crippen molar-refractivity contribution >= 4 is 17.7 Å². The van der Waals surface area contributed by atoms with Crippen molar-refractivity contribution < 1.29 is 4.79 Å². The zero-order valence-electron chi connectivity index (χ0n) is 16.0. The van der Waals surface area contributed by atoms with Gasteiger partial charge in [-0.3, -0.25) is 4.79 Å². The Bertz CT molecular complexity index is 921. The van der Waals surface area contributed by atoms with Gasteiger partial charge in [0, 0.05) is 10.6 Å². The molecule has 1 amide bonds. The average molecular weight is 376 g/mol. The molecule has 0 saturated heterocycles. The van der Waals surface area contributed by atoms with Crippen LogP contribution < -0.4 is 5.32 Å². The molecule has 138 valence electrons. The van der Waals surface area contributed by atoms with E-state index in [2.05, 4.69) is 49.5 Å². The lowest BCUT2D eigenvalue weighted by atomic mass is 10.00. The normalized spacial score (nSPS) is 11.8. The first-order chi connectivity index (χ1) is 13.0. The summed E-state index contributed by atoms with van der Waals surface area (Å²) in [4.78, 5) is 13.9. The third-order valence-electron chi connectivity index (χ3n) is 4.62. The van der Waals surface area contributed by atoms with E-state index in [0.29, 0.717) is 0 Å². The number of carbonyl (C=O) groups excluding carboxylic acids is 1. The van der Waals surface area contributed by atoms with Crippen LogP contribution in [-0.4, -0.2) is 5.91 Å². The standard InChI is InChI=1S/C24H25NOS/c1-17-13-14-18(2)22(15-17)19(3)25-24(26)21-11-7-8-12-23(21)27-16-20-9-5-4-6-10-20/h4-15,19H,16H2,1-3H3,(H,25,26). The molecule has 1 N–H and O–H groups in total. The van der Waals surface area contributed by atoms with E-state index in [1.165, 1.54) is 16.7 Å². The minimum Gasteiger partial charge on any atom is -0.345 e. The van der Waals surface area contributed by atoms with E-state index in [1.54, 1.807) is 11.8 Å². The van der Waals surface area contributed by atoms with Crippen molar-refractivity contribution in [1.29, 1.82) is 0 Å². The second kappa shape index (κ2) is 8.92. The third kappa shape index (κ3) is 5.01. The highest BCUT2D eigenvalue weighted by molar-refractivity contribution is 7.98. The van der Waals surface area contributed by atoms with Crippen molar-refractivity contribution in [1.82, 2.24) is 5.32 Å². The van der Waals surface area contributed by atoms with Gasteiger partial charge in [-0.05, 0) is 49.6 Å². The van der Waals surface area contributed by atoms with Crippen LogP contribution in [0.3, 0.4) is 0 Å². The summed E-state index contributed by atoms with van der Waals surface area (Å²) < 4.78 is 0. The molecule has 0 saturated carbocycles. The lowest BCUT2D eigenvalue weighted by molar-refractivity contribution is 0.0937. The summed E-state index contributed by atoms with van der Waals surface area (Å²) >= 11 is 1.70. The number of aryl methyl sites for hydroxylation is 2. The Hall–Kier alpha value is -2.52. The average Bonchev–Trinajstić information content (AvgIpc) is 2.69. The molecular formula is C24H25NOS. The lowest BCUT2D eigenvalue weighted by Gasteiger charge is -2.18. The molecule has 0 aliphatic heterocycles. The van der Waals surface area contributed by atoms with Gasteiger partial charge in [0.05, 0.1) is 11.6 Å². The van der Waals surface area contributed by atoms with Gasteiger partial charge in [-0.2, -0.15) is 0 Å². The Morgan fingerprint density at radius 2 is 1.67 bits per heavy atom. The van der Waals surface area contributed by atoms with Crippen LogP contribution in [0.5, 0.6) is 0 Å². The fourth-order valence-electron chi connectivity index (χ4n) is 3.09. The summed E-state index contributed by atoms with van der Waals surface area (Å²) in [5, 5.41) is 3.17. The highest BCUT2D eigenvalue weighted by Crippen LogP contribution is 2.27. The van der Waals surface area contributed by atoms with E-state index in [-0.39, 0.29) is 11.9 Å². The number of benzene rings is 3. The van der Waals surface area contributed by atoms with E-state index in [0.717, 1.165) is 21.8 Å². The molecule has 3 heteroatoms. The Morgan fingerprint density at radius 3 is 2.44 bits per heavy atom. The number of hydrogen-bond donors (Lipinski definition) is 1. The van der Waals surface area contributed by atoms with Gasteiger partial charge in [0.2, 0.25) is 0 Å². The number of thioether (sulfide) groups is 1. The first-order valence-corrected chi connectivity index (χ1v) is 10.2. The van der Waals surface area contributed by atoms with Gasteiger partial charge < -0.3 is 5.32 Å². The number of rotatable bonds is 6. The zero-order valence-corrected chi connectivity index (χ0v) is 16.8. The minimum atomic E-state index is -0.0374. The van der Waals surface area contributed by atoms with E-state index in [4.69, 9.17) is 0 Å². The molecule has 3 rings (SSSR count). The van der Waals surface area contributed by atoms with Crippen molar-refractivity contribution in [2.24, 2.45) is 0 Å². The summed E-state index contributed by atoms with van der Waals surface area (Å²) in [6.07, 6.45) is 0. The molecule has 3 aromatic carbocycles. The largest absolute Gasteiger partial charge is 0.345 e. The molecule has 0 aliphatic carbocycles. The Morgan fingerprint density at radius 1 is 0.963 bits per heavy atom. The Labute approximate surface area is 166 Å². The van der Waals surface area contributed by atoms with Crippen molar-refractivity contribution in [3.8, 4) is 0 Å². The van der Waals surface area contributed by atoms with Crippen LogP contribution in [0.15, 0.2) is 77.7 Å². The van der Waals surface area contributed by atoms with Gasteiger partial charge in [0.15, 0.2) is 0 Å². The van der Waals surface area contributed by atoms with Crippen LogP contribution in [0, 0.1) is 13.8 Å². The molecule has 0 aromatic heterocycles. The SMILES string of the molecule is Cc1ccc(C)c(C(C)NC(=O)c2ccccc2SCc2ccccc2)c1. The molecule has 0 heterocycles. The fourth-order valence-corrected chi connectivity index (χ4v) is 4.10. The van der Waals surface area contributed by atoms with Crippen LogP contribution in [0.2, 0.25) is 0 Å². The van der Waals surface area contributed by atoms with E-state index < -0.39 is 0 Å². The highest BCUT2D eigenvalue weighted by atomic mass is 32.2. The number of carbonyl (C=O) groups is 1. The van der Waals surface area contributed by atoms with Gasteiger partial charge in [0.1, 0.15) is 0 Å². The summed E-state index contributed by atoms with van der Waals surface area (Å²) in [7, 11) is 0. The maximum Gasteiger partial charge on any atom is 0.252 e. The molecule has 0 bridgehead atoms. The molecule has 1 atom stereocenters. The van der Waals surface area contributed by atoms with Crippen LogP contribution in [0.1, 0.15) is 45.6 Å². The van der Waals surface area contributed by atoms with Crippen LogP contribution >= 0.6 is 11.8 Å². The topological polar surface area (TPSA) is 29.1 Å². The monoisotopic (exact) mass is 375 g/mol. The van der Waals surface area contributed by atoms with Crippen molar-refractivity contribution in [2.75, 3.05) is 0 Å². The smallest absolute Gasteiger partial charge is 0.252 e. The van der Waals surface area contributed by atoms with Crippen LogP contribution in [-0.2, 0) is 5.75 Å². The predicted molar refractivity (Wildman–Crippen MR) is 114 cm³/mol. The van der Waals surface area contributed by atoms with Crippen molar-refractivity contribution in [3.05, 3.63) is 101 Å². The van der Waals surface area contributed by atoms with E-state index in [1.807, 2.05) is 49.4 Å². The van der Waals surface area contributed by atoms with Gasteiger partial charge in [-0.1, -0.05) is 66.2 Å². The maximum atomic E-state index is 12.9. The minimum absolute atomic E-state index is 0.0282. The molecule has 27 heavy (non-hydrogen) atoms. The fraction of sp³-hybridized carbons (Fsp3) is 0.208. The van der Waals surface area contributed by atoms with E-state index >= 15 is 0 Å². The Balaban J connectivity index is 1.74. The summed E-state index contributed by atoms with van der Waals surface area (Å²) in [5.74, 6) is 0.817. The number of amides is 1. The number of hydrogen-bond acceptors (Lipinski definition) is 2. The summed E-state index contributed by atoms with van der Waals surface area (Å²) in [6, 6.07) is 24.5. The molecule has 2 nitrogen and oxygen atoms in total. The molecule has 0 fully saturated rings. The quantitative estimate of drug-likeness (QED) is 0.528. The first-order valence-electron chi connectivity index (χ1n) is 9.18. The Kier molecular flexibility index (Phi) is 6.36. The van der Waals surface area contributed by atoms with Gasteiger partial charge in [-0.15, -0.1) is 11.8 Å². The predicted octanol–water partition coefficient (Wildman–Crippen LogP) is 6.09. The molecule has 3 aromatic rings. The van der Waals surface area contributed by atoms with Crippen molar-refractivity contribution in [2.45, 2.75) is 37.5 Å². The first kappa shape index (κ1) is 19.2. The van der Waals surface area contributed by atoms with Crippen LogP contribution in [0.25, 0.3) is 0 Å². The highest BCUT2D eigenvalue weighted by Gasteiger charge is 2.16. The van der Waals surface area contributed by atoms with Crippen LogP contribution in [0.4, 0.5) is 0 Å². The lowest BCUT2D eigenvalue weighted by Crippen LogP contribution is -2.27. The summed E-state index contributed by atoms with van der Waals surface area (Å²) in [6.45, 7) is 6.20. The van der Waals surface area contributed by atoms with Crippen molar-refractivity contribution in [3.63, 3.8) is 0 Å². The molecular weight excluding hydrogens is 350 g/mol. The molecule has 0 aliphatic rings. The molecule has 0 radical (unpaired) electrons. The third-order valence-corrected chi connectivity index (χ3v) is 5.76. The van der Waals surface area contributed by atoms with Gasteiger partial charge in [-0.25, -0.2) is 0 Å². The maximum absolute atomic E-state index is 12.9. The summed E-state index contributed by atoms with van der Waals surface area (Å²) in [5.41, 5.74) is 5.55. The number of nitrogens with one attached hydrogen (secondary N) is 1. The van der Waals surface area contributed by atoms with E-state index in [9.17, 15) is 4.79 Å². The van der Waals surface area contributed by atoms with Gasteiger partial charge in [0.25, 0.3) is 5.91 Å². The second-order valence-electron chi connectivity index (χ2n) is 6.83. The van der Waals surface area contributed by atoms with Gasteiger partial charge >= 0.3 is 0 Å². The molecule has 1 unspecified atom stereocenters.